The van der Waals surface area contributed by atoms with Gasteiger partial charge in [-0.3, -0.25) is 9.59 Å². The number of fused-ring (bicyclic) bond motifs is 1. The van der Waals surface area contributed by atoms with Crippen molar-refractivity contribution in [3.05, 3.63) is 83.3 Å². The van der Waals surface area contributed by atoms with Crippen molar-refractivity contribution < 1.29 is 33.3 Å². The monoisotopic (exact) mass is 461 g/mol. The summed E-state index contributed by atoms with van der Waals surface area (Å²) in [7, 11) is 0. The standard InChI is InChI=1S/C26H23NO7/c1-2-31-18-6-3-5-16(13-18)23-22(25(29)26(30)27(23)15-19-7-4-10-32-19)24(28)17-8-9-20-21(14-17)34-12-11-33-20/h3-10,13-14,23,28H,2,11-12,15H2,1H3/b24-22+/t23-/m1/s1. The van der Waals surface area contributed by atoms with Crippen LogP contribution in [0.3, 0.4) is 0 Å². The smallest absolute Gasteiger partial charge is 0.296 e. The number of aliphatic hydroxyl groups is 1. The molecule has 3 heterocycles. The van der Waals surface area contributed by atoms with Crippen molar-refractivity contribution in [3.63, 3.8) is 0 Å². The maximum atomic E-state index is 13.2. The number of ether oxygens (including phenoxy) is 3. The van der Waals surface area contributed by atoms with Crippen LogP contribution in [0.5, 0.6) is 17.2 Å². The Kier molecular flexibility index (Phi) is 5.71. The van der Waals surface area contributed by atoms with Gasteiger partial charge in [-0.15, -0.1) is 0 Å². The highest BCUT2D eigenvalue weighted by Crippen LogP contribution is 2.42. The number of benzene rings is 2. The summed E-state index contributed by atoms with van der Waals surface area (Å²) in [5, 5.41) is 11.3. The van der Waals surface area contributed by atoms with Crippen LogP contribution in [-0.2, 0) is 16.1 Å². The van der Waals surface area contributed by atoms with Crippen molar-refractivity contribution in [1.82, 2.24) is 4.90 Å². The largest absolute Gasteiger partial charge is 0.507 e. The zero-order chi connectivity index (χ0) is 23.7. The van der Waals surface area contributed by atoms with Crippen molar-refractivity contribution in [2.45, 2.75) is 19.5 Å². The number of Topliss-reactive ketones (excluding diaryl/α,β-unsaturated/α-hetero) is 1. The quantitative estimate of drug-likeness (QED) is 0.336. The molecule has 2 aliphatic heterocycles. The molecule has 1 saturated heterocycles. The summed E-state index contributed by atoms with van der Waals surface area (Å²) < 4.78 is 22.2. The van der Waals surface area contributed by atoms with E-state index >= 15 is 0 Å². The summed E-state index contributed by atoms with van der Waals surface area (Å²) in [5.41, 5.74) is 0.976. The van der Waals surface area contributed by atoms with E-state index in [1.165, 1.54) is 11.2 Å². The van der Waals surface area contributed by atoms with Crippen LogP contribution >= 0.6 is 0 Å². The molecular weight excluding hydrogens is 438 g/mol. The van der Waals surface area contributed by atoms with Crippen LogP contribution in [0.2, 0.25) is 0 Å². The maximum Gasteiger partial charge on any atom is 0.296 e. The lowest BCUT2D eigenvalue weighted by molar-refractivity contribution is -0.140. The van der Waals surface area contributed by atoms with Gasteiger partial charge >= 0.3 is 0 Å². The number of hydrogen-bond donors (Lipinski definition) is 1. The van der Waals surface area contributed by atoms with E-state index in [2.05, 4.69) is 0 Å². The van der Waals surface area contributed by atoms with Crippen molar-refractivity contribution in [2.24, 2.45) is 0 Å². The highest BCUT2D eigenvalue weighted by molar-refractivity contribution is 6.46. The number of hydrogen-bond acceptors (Lipinski definition) is 7. The molecule has 1 atom stereocenters. The van der Waals surface area contributed by atoms with Gasteiger partial charge in [0.25, 0.3) is 11.7 Å². The summed E-state index contributed by atoms with van der Waals surface area (Å²) in [4.78, 5) is 27.7. The van der Waals surface area contributed by atoms with Gasteiger partial charge in [-0.1, -0.05) is 12.1 Å². The summed E-state index contributed by atoms with van der Waals surface area (Å²) >= 11 is 0. The number of carbonyl (C=O) groups excluding carboxylic acids is 2. The van der Waals surface area contributed by atoms with Crippen molar-refractivity contribution in [2.75, 3.05) is 19.8 Å². The van der Waals surface area contributed by atoms with E-state index in [0.29, 0.717) is 54.0 Å². The van der Waals surface area contributed by atoms with Gasteiger partial charge in [-0.2, -0.15) is 0 Å². The Labute approximate surface area is 196 Å². The molecule has 1 fully saturated rings. The van der Waals surface area contributed by atoms with Gasteiger partial charge in [0.1, 0.15) is 30.5 Å². The first-order valence-electron chi connectivity index (χ1n) is 11.0. The second-order valence-electron chi connectivity index (χ2n) is 7.87. The summed E-state index contributed by atoms with van der Waals surface area (Å²) in [6.45, 7) is 3.23. The third-order valence-corrected chi connectivity index (χ3v) is 5.75. The van der Waals surface area contributed by atoms with E-state index in [9.17, 15) is 14.7 Å². The fourth-order valence-electron chi connectivity index (χ4n) is 4.25. The minimum absolute atomic E-state index is 0.0121. The Bertz CT molecular complexity index is 1260. The molecule has 5 rings (SSSR count). The van der Waals surface area contributed by atoms with Gasteiger partial charge in [0, 0.05) is 5.56 Å². The first-order valence-corrected chi connectivity index (χ1v) is 11.0. The zero-order valence-corrected chi connectivity index (χ0v) is 18.5. The number of amides is 1. The van der Waals surface area contributed by atoms with E-state index in [0.717, 1.165) is 0 Å². The molecule has 0 spiro atoms. The molecule has 8 nitrogen and oxygen atoms in total. The molecule has 2 aliphatic rings. The molecule has 0 bridgehead atoms. The third-order valence-electron chi connectivity index (χ3n) is 5.75. The van der Waals surface area contributed by atoms with Crippen LogP contribution in [0.1, 0.15) is 29.9 Å². The Morgan fingerprint density at radius 2 is 1.88 bits per heavy atom. The second kappa shape index (κ2) is 8.97. The van der Waals surface area contributed by atoms with E-state index in [1.54, 1.807) is 54.6 Å². The minimum atomic E-state index is -0.835. The predicted octanol–water partition coefficient (Wildman–Crippen LogP) is 4.07. The highest BCUT2D eigenvalue weighted by Gasteiger charge is 2.46. The molecule has 0 unspecified atom stereocenters. The van der Waals surface area contributed by atoms with Crippen LogP contribution in [0.15, 0.2) is 70.9 Å². The minimum Gasteiger partial charge on any atom is -0.507 e. The number of nitrogens with zero attached hydrogens (tertiary/aromatic N) is 1. The van der Waals surface area contributed by atoms with Crippen LogP contribution in [-0.4, -0.2) is 41.5 Å². The lowest BCUT2D eigenvalue weighted by atomic mass is 9.95. The molecule has 34 heavy (non-hydrogen) atoms. The second-order valence-corrected chi connectivity index (χ2v) is 7.87. The number of likely N-dealkylation sites (tertiary alicyclic amines) is 1. The van der Waals surface area contributed by atoms with Crippen molar-refractivity contribution >= 4 is 17.4 Å². The fraction of sp³-hybridized carbons (Fsp3) is 0.231. The zero-order valence-electron chi connectivity index (χ0n) is 18.5. The molecule has 0 saturated carbocycles. The Morgan fingerprint density at radius 1 is 1.06 bits per heavy atom. The van der Waals surface area contributed by atoms with Gasteiger partial charge in [0.2, 0.25) is 0 Å². The molecule has 0 radical (unpaired) electrons. The van der Waals surface area contributed by atoms with E-state index in [1.807, 2.05) is 6.92 Å². The SMILES string of the molecule is CCOc1cccc([C@@H]2/C(=C(\O)c3ccc4c(c3)OCCO4)C(=O)C(=O)N2Cc2ccco2)c1. The molecule has 2 aromatic carbocycles. The normalized spacial score (nSPS) is 18.9. The van der Waals surface area contributed by atoms with E-state index in [4.69, 9.17) is 18.6 Å². The maximum absolute atomic E-state index is 13.2. The third kappa shape index (κ3) is 3.87. The van der Waals surface area contributed by atoms with Gasteiger partial charge in [0.05, 0.1) is 31.0 Å². The summed E-state index contributed by atoms with van der Waals surface area (Å²) in [5.74, 6) is 0.365. The van der Waals surface area contributed by atoms with Gasteiger partial charge in [0.15, 0.2) is 11.5 Å². The number of rotatable bonds is 6. The van der Waals surface area contributed by atoms with Crippen molar-refractivity contribution in [3.8, 4) is 17.2 Å². The molecule has 3 aromatic rings. The summed E-state index contributed by atoms with van der Waals surface area (Å²) in [6.07, 6.45) is 1.51. The Morgan fingerprint density at radius 3 is 2.65 bits per heavy atom. The van der Waals surface area contributed by atoms with Crippen molar-refractivity contribution in [1.29, 1.82) is 0 Å². The molecule has 1 N–H and O–H groups in total. The average Bonchev–Trinajstić information content (AvgIpc) is 3.46. The average molecular weight is 461 g/mol. The van der Waals surface area contributed by atoms with E-state index in [-0.39, 0.29) is 17.9 Å². The number of ketones is 1. The molecule has 1 aromatic heterocycles. The number of aliphatic hydroxyl groups excluding tert-OH is 1. The number of furan rings is 1. The topological polar surface area (TPSA) is 98.4 Å². The molecule has 174 valence electrons. The molecule has 1 amide bonds. The van der Waals surface area contributed by atoms with Crippen LogP contribution in [0.25, 0.3) is 5.76 Å². The van der Waals surface area contributed by atoms with Gasteiger partial charge < -0.3 is 28.6 Å². The predicted molar refractivity (Wildman–Crippen MR) is 122 cm³/mol. The first-order chi connectivity index (χ1) is 16.6. The Hall–Kier alpha value is -4.20. The number of carbonyl (C=O) groups is 2. The van der Waals surface area contributed by atoms with Gasteiger partial charge in [-0.05, 0) is 55.0 Å². The van der Waals surface area contributed by atoms with Crippen LogP contribution in [0, 0.1) is 0 Å². The van der Waals surface area contributed by atoms with Crippen LogP contribution in [0.4, 0.5) is 0 Å². The lowest BCUT2D eigenvalue weighted by Crippen LogP contribution is -2.29. The lowest BCUT2D eigenvalue weighted by Gasteiger charge is -2.25. The molecule has 8 heteroatoms. The fourth-order valence-corrected chi connectivity index (χ4v) is 4.25. The van der Waals surface area contributed by atoms with E-state index < -0.39 is 17.7 Å². The highest BCUT2D eigenvalue weighted by atomic mass is 16.6. The molecular formula is C26H23NO7. The van der Waals surface area contributed by atoms with Crippen LogP contribution < -0.4 is 14.2 Å². The first kappa shape index (κ1) is 21.6. The molecule has 0 aliphatic carbocycles. The summed E-state index contributed by atoms with van der Waals surface area (Å²) in [6, 6.07) is 14.7. The Balaban J connectivity index is 1.63. The van der Waals surface area contributed by atoms with Gasteiger partial charge in [-0.25, -0.2) is 0 Å².